The number of sulfonamides is 1. The molecule has 10 heteroatoms. The van der Waals surface area contributed by atoms with Crippen LogP contribution in [0.1, 0.15) is 5.69 Å². The molecule has 176 valence electrons. The number of hydrogen-bond acceptors (Lipinski definition) is 7. The van der Waals surface area contributed by atoms with Crippen molar-refractivity contribution in [2.45, 2.75) is 11.4 Å². The largest absolute Gasteiger partial charge is 0.480 e. The van der Waals surface area contributed by atoms with E-state index in [9.17, 15) is 8.42 Å². The number of nitrogens with zero attached hydrogens (tertiary/aromatic N) is 4. The molecule has 1 fully saturated rings. The Kier molecular flexibility index (Phi) is 6.18. The van der Waals surface area contributed by atoms with E-state index in [1.807, 2.05) is 24.5 Å². The zero-order chi connectivity index (χ0) is 23.5. The molecule has 4 aromatic rings. The van der Waals surface area contributed by atoms with Crippen molar-refractivity contribution in [3.8, 4) is 17.0 Å². The van der Waals surface area contributed by atoms with E-state index in [0.717, 1.165) is 55.3 Å². The van der Waals surface area contributed by atoms with Gasteiger partial charge in [0.25, 0.3) is 10.0 Å². The van der Waals surface area contributed by atoms with Gasteiger partial charge in [-0.25, -0.2) is 18.4 Å². The van der Waals surface area contributed by atoms with Crippen LogP contribution in [0.25, 0.3) is 16.8 Å². The monoisotopic (exact) mass is 479 g/mol. The van der Waals surface area contributed by atoms with Gasteiger partial charge in [-0.05, 0) is 30.3 Å². The number of benzene rings is 1. The summed E-state index contributed by atoms with van der Waals surface area (Å²) < 4.78 is 41.2. The average molecular weight is 480 g/mol. The molecule has 0 bridgehead atoms. The summed E-state index contributed by atoms with van der Waals surface area (Å²) in [5.41, 5.74) is 3.82. The Hall–Kier alpha value is -3.47. The first kappa shape index (κ1) is 22.3. The third-order valence-electron chi connectivity index (χ3n) is 5.75. The third kappa shape index (κ3) is 4.60. The number of imidazole rings is 1. The van der Waals surface area contributed by atoms with Gasteiger partial charge in [-0.1, -0.05) is 18.2 Å². The summed E-state index contributed by atoms with van der Waals surface area (Å²) in [6.07, 6.45) is 5.55. The van der Waals surface area contributed by atoms with Crippen molar-refractivity contribution in [2.75, 3.05) is 38.1 Å². The lowest BCUT2D eigenvalue weighted by Crippen LogP contribution is -2.35. The summed E-state index contributed by atoms with van der Waals surface area (Å²) >= 11 is 0. The Balaban J connectivity index is 1.47. The van der Waals surface area contributed by atoms with Gasteiger partial charge in [-0.15, -0.1) is 0 Å². The molecule has 0 radical (unpaired) electrons. The minimum atomic E-state index is -3.79. The molecule has 1 N–H and O–H groups in total. The van der Waals surface area contributed by atoms with E-state index in [1.165, 1.54) is 19.2 Å². The zero-order valence-electron chi connectivity index (χ0n) is 18.7. The number of fused-ring (bicyclic) bond motifs is 1. The molecule has 9 nitrogen and oxygen atoms in total. The molecular weight excluding hydrogens is 454 g/mol. The summed E-state index contributed by atoms with van der Waals surface area (Å²) in [5, 5.41) is 0. The normalized spacial score (nSPS) is 14.9. The quantitative estimate of drug-likeness (QED) is 0.435. The van der Waals surface area contributed by atoms with Gasteiger partial charge < -0.3 is 13.9 Å². The molecule has 0 spiro atoms. The second kappa shape index (κ2) is 9.41. The van der Waals surface area contributed by atoms with Gasteiger partial charge >= 0.3 is 0 Å². The number of methoxy groups -OCH3 is 1. The second-order valence-electron chi connectivity index (χ2n) is 7.98. The highest BCUT2D eigenvalue weighted by atomic mass is 32.2. The Morgan fingerprint density at radius 2 is 1.82 bits per heavy atom. The fourth-order valence-corrected chi connectivity index (χ4v) is 5.03. The molecule has 0 amide bonds. The maximum Gasteiger partial charge on any atom is 0.262 e. The highest BCUT2D eigenvalue weighted by molar-refractivity contribution is 7.92. The Morgan fingerprint density at radius 1 is 1.03 bits per heavy atom. The van der Waals surface area contributed by atoms with Gasteiger partial charge in [0.1, 0.15) is 11.3 Å². The summed E-state index contributed by atoms with van der Waals surface area (Å²) in [7, 11) is -2.34. The maximum atomic E-state index is 12.9. The van der Waals surface area contributed by atoms with Crippen molar-refractivity contribution in [1.82, 2.24) is 19.3 Å². The minimum Gasteiger partial charge on any atom is -0.480 e. The molecule has 0 aliphatic carbocycles. The third-order valence-corrected chi connectivity index (χ3v) is 7.13. The Labute approximate surface area is 198 Å². The van der Waals surface area contributed by atoms with E-state index in [4.69, 9.17) is 9.47 Å². The van der Waals surface area contributed by atoms with E-state index in [1.54, 1.807) is 30.5 Å². The molecule has 5 rings (SSSR count). The fraction of sp³-hybridized carbons (Fsp3) is 0.250. The lowest BCUT2D eigenvalue weighted by atomic mass is 10.1. The van der Waals surface area contributed by atoms with Crippen LogP contribution in [-0.4, -0.2) is 61.1 Å². The lowest BCUT2D eigenvalue weighted by Gasteiger charge is -2.26. The predicted molar refractivity (Wildman–Crippen MR) is 128 cm³/mol. The molecule has 34 heavy (non-hydrogen) atoms. The number of hydrogen-bond donors (Lipinski definition) is 1. The first-order valence-electron chi connectivity index (χ1n) is 10.9. The molecule has 1 aromatic carbocycles. The molecule has 3 aromatic heterocycles. The standard InChI is InChI=1S/C24H25N5O4S/c1-32-24-22(27-34(30,31)21-5-3-2-4-6-21)13-19(14-26-24)18-7-8-23-25-15-20(29(23)16-18)17-28-9-11-33-12-10-28/h2-8,13-16,27H,9-12,17H2,1H3. The molecule has 4 heterocycles. The number of nitrogens with one attached hydrogen (secondary N) is 1. The second-order valence-corrected chi connectivity index (χ2v) is 9.67. The van der Waals surface area contributed by atoms with Gasteiger partial charge in [0.2, 0.25) is 5.88 Å². The van der Waals surface area contributed by atoms with E-state index >= 15 is 0 Å². The number of morpholine rings is 1. The number of ether oxygens (including phenoxy) is 2. The van der Waals surface area contributed by atoms with Crippen LogP contribution in [0.5, 0.6) is 5.88 Å². The fourth-order valence-electron chi connectivity index (χ4n) is 3.96. The van der Waals surface area contributed by atoms with Crippen molar-refractivity contribution in [2.24, 2.45) is 0 Å². The first-order valence-corrected chi connectivity index (χ1v) is 12.4. The van der Waals surface area contributed by atoms with Crippen LogP contribution in [0.4, 0.5) is 5.69 Å². The van der Waals surface area contributed by atoms with Crippen LogP contribution in [0.2, 0.25) is 0 Å². The number of anilines is 1. The first-order chi connectivity index (χ1) is 16.5. The molecule has 1 saturated heterocycles. The van der Waals surface area contributed by atoms with Gasteiger partial charge in [-0.2, -0.15) is 0 Å². The topological polar surface area (TPSA) is 98.1 Å². The van der Waals surface area contributed by atoms with Crippen molar-refractivity contribution in [3.05, 3.63) is 72.8 Å². The Morgan fingerprint density at radius 3 is 2.59 bits per heavy atom. The van der Waals surface area contributed by atoms with E-state index in [2.05, 4.69) is 24.0 Å². The SMILES string of the molecule is COc1ncc(-c2ccc3ncc(CN4CCOCC4)n3c2)cc1NS(=O)(=O)c1ccccc1. The molecule has 1 aliphatic rings. The summed E-state index contributed by atoms with van der Waals surface area (Å²) in [4.78, 5) is 11.4. The predicted octanol–water partition coefficient (Wildman–Crippen LogP) is 3.04. The minimum absolute atomic E-state index is 0.162. The van der Waals surface area contributed by atoms with E-state index in [-0.39, 0.29) is 16.5 Å². The van der Waals surface area contributed by atoms with Crippen LogP contribution in [-0.2, 0) is 21.3 Å². The molecule has 1 aliphatic heterocycles. The maximum absolute atomic E-state index is 12.9. The van der Waals surface area contributed by atoms with E-state index < -0.39 is 10.0 Å². The highest BCUT2D eigenvalue weighted by Gasteiger charge is 2.18. The van der Waals surface area contributed by atoms with Gasteiger partial charge in [0.05, 0.1) is 37.1 Å². The number of rotatable bonds is 7. The van der Waals surface area contributed by atoms with Crippen LogP contribution < -0.4 is 9.46 Å². The number of pyridine rings is 2. The average Bonchev–Trinajstić information content (AvgIpc) is 3.27. The summed E-state index contributed by atoms with van der Waals surface area (Å²) in [6, 6.07) is 13.8. The molecule has 0 atom stereocenters. The van der Waals surface area contributed by atoms with Crippen LogP contribution in [0, 0.1) is 0 Å². The molecular formula is C24H25N5O4S. The highest BCUT2D eigenvalue weighted by Crippen LogP contribution is 2.30. The van der Waals surface area contributed by atoms with Crippen molar-refractivity contribution < 1.29 is 17.9 Å². The van der Waals surface area contributed by atoms with Gasteiger partial charge in [0.15, 0.2) is 0 Å². The van der Waals surface area contributed by atoms with Crippen LogP contribution in [0.15, 0.2) is 72.0 Å². The smallest absolute Gasteiger partial charge is 0.262 e. The lowest BCUT2D eigenvalue weighted by molar-refractivity contribution is 0.0335. The molecule has 0 unspecified atom stereocenters. The van der Waals surface area contributed by atoms with Crippen molar-refractivity contribution in [1.29, 1.82) is 0 Å². The molecule has 0 saturated carbocycles. The van der Waals surface area contributed by atoms with E-state index in [0.29, 0.717) is 0 Å². The zero-order valence-corrected chi connectivity index (χ0v) is 19.5. The van der Waals surface area contributed by atoms with Gasteiger partial charge in [-0.3, -0.25) is 9.62 Å². The van der Waals surface area contributed by atoms with Crippen molar-refractivity contribution in [3.63, 3.8) is 0 Å². The van der Waals surface area contributed by atoms with Gasteiger partial charge in [0, 0.05) is 43.2 Å². The van der Waals surface area contributed by atoms with Crippen molar-refractivity contribution >= 4 is 21.4 Å². The summed E-state index contributed by atoms with van der Waals surface area (Å²) in [5.74, 6) is 0.194. The van der Waals surface area contributed by atoms with Crippen LogP contribution in [0.3, 0.4) is 0 Å². The summed E-state index contributed by atoms with van der Waals surface area (Å²) in [6.45, 7) is 4.03. The van der Waals surface area contributed by atoms with Crippen LogP contribution >= 0.6 is 0 Å². The number of aromatic nitrogens is 3. The Bertz CT molecular complexity index is 1400.